The highest BCUT2D eigenvalue weighted by Gasteiger charge is 2.08. The van der Waals surface area contributed by atoms with E-state index in [0.717, 1.165) is 23.0 Å². The molecule has 0 bridgehead atoms. The minimum atomic E-state index is 0.137. The van der Waals surface area contributed by atoms with Crippen LogP contribution in [0.25, 0.3) is 0 Å². The molecule has 2 rings (SSSR count). The molecule has 4 heteroatoms. The second kappa shape index (κ2) is 6.37. The zero-order valence-corrected chi connectivity index (χ0v) is 13.4. The number of aromatic nitrogens is 1. The monoisotopic (exact) mass is 290 g/mol. The average Bonchev–Trinajstić information content (AvgIpc) is 2.80. The quantitative estimate of drug-likeness (QED) is 0.906. The molecule has 0 aliphatic rings. The van der Waals surface area contributed by atoms with Crippen LogP contribution in [0.3, 0.4) is 0 Å². The summed E-state index contributed by atoms with van der Waals surface area (Å²) in [7, 11) is 0. The van der Waals surface area contributed by atoms with Gasteiger partial charge in [-0.1, -0.05) is 12.1 Å². The largest absolute Gasteiger partial charge is 0.486 e. The van der Waals surface area contributed by atoms with Gasteiger partial charge in [0.15, 0.2) is 0 Å². The zero-order valence-electron chi connectivity index (χ0n) is 12.6. The number of nitrogens with zero attached hydrogens (tertiary/aromatic N) is 1. The first-order chi connectivity index (χ1) is 9.42. The number of thiazole rings is 1. The van der Waals surface area contributed by atoms with E-state index in [1.165, 1.54) is 5.56 Å². The van der Waals surface area contributed by atoms with Crippen LogP contribution in [0.15, 0.2) is 29.6 Å². The van der Waals surface area contributed by atoms with Gasteiger partial charge < -0.3 is 10.1 Å². The Morgan fingerprint density at radius 2 is 1.90 bits per heavy atom. The molecule has 0 saturated heterocycles. The second-order valence-corrected chi connectivity index (χ2v) is 6.86. The van der Waals surface area contributed by atoms with Crippen molar-refractivity contribution in [2.45, 2.75) is 46.4 Å². The van der Waals surface area contributed by atoms with Crippen molar-refractivity contribution < 1.29 is 4.74 Å². The summed E-state index contributed by atoms with van der Waals surface area (Å²) in [4.78, 5) is 4.38. The molecule has 0 fully saturated rings. The molecule has 0 aliphatic heterocycles. The van der Waals surface area contributed by atoms with Gasteiger partial charge in [0.25, 0.3) is 0 Å². The number of rotatable bonds is 5. The summed E-state index contributed by atoms with van der Waals surface area (Å²) in [6.45, 7) is 9.91. The predicted octanol–water partition coefficient (Wildman–Crippen LogP) is 3.92. The minimum absolute atomic E-state index is 0.137. The molecule has 2 aromatic rings. The Morgan fingerprint density at radius 3 is 2.45 bits per heavy atom. The summed E-state index contributed by atoms with van der Waals surface area (Å²) < 4.78 is 5.73. The summed E-state index contributed by atoms with van der Waals surface area (Å²) in [6.07, 6.45) is 0. The smallest absolute Gasteiger partial charge is 0.140 e. The number of ether oxygens (including phenoxy) is 1. The Labute approximate surface area is 125 Å². The van der Waals surface area contributed by atoms with Gasteiger partial charge in [-0.3, -0.25) is 0 Å². The number of nitrogens with one attached hydrogen (secondary N) is 1. The maximum atomic E-state index is 5.73. The second-order valence-electron chi connectivity index (χ2n) is 5.92. The Hall–Kier alpha value is -1.39. The van der Waals surface area contributed by atoms with E-state index in [1.54, 1.807) is 11.3 Å². The molecule has 0 spiro atoms. The van der Waals surface area contributed by atoms with Crippen molar-refractivity contribution in [1.29, 1.82) is 0 Å². The van der Waals surface area contributed by atoms with E-state index < -0.39 is 0 Å². The van der Waals surface area contributed by atoms with Crippen LogP contribution in [-0.4, -0.2) is 10.5 Å². The lowest BCUT2D eigenvalue weighted by Gasteiger charge is -2.20. The van der Waals surface area contributed by atoms with Crippen LogP contribution in [0.5, 0.6) is 5.75 Å². The molecule has 1 N–H and O–H groups in total. The van der Waals surface area contributed by atoms with Crippen LogP contribution >= 0.6 is 11.3 Å². The molecule has 3 nitrogen and oxygen atoms in total. The maximum Gasteiger partial charge on any atom is 0.140 e. The molecule has 20 heavy (non-hydrogen) atoms. The van der Waals surface area contributed by atoms with Crippen molar-refractivity contribution in [2.75, 3.05) is 0 Å². The minimum Gasteiger partial charge on any atom is -0.486 e. The van der Waals surface area contributed by atoms with Crippen molar-refractivity contribution in [3.8, 4) is 5.75 Å². The summed E-state index contributed by atoms with van der Waals surface area (Å²) >= 11 is 1.64. The molecular weight excluding hydrogens is 268 g/mol. The van der Waals surface area contributed by atoms with Crippen LogP contribution in [0.1, 0.15) is 37.0 Å². The van der Waals surface area contributed by atoms with E-state index >= 15 is 0 Å². The molecule has 0 unspecified atom stereocenters. The molecule has 0 radical (unpaired) electrons. The van der Waals surface area contributed by atoms with Gasteiger partial charge in [-0.15, -0.1) is 11.3 Å². The third-order valence-electron chi connectivity index (χ3n) is 2.78. The highest BCUT2D eigenvalue weighted by molar-refractivity contribution is 7.09. The SMILES string of the molecule is Cc1csc(COc2ccc(CNC(C)(C)C)cc2)n1. The Balaban J connectivity index is 1.85. The van der Waals surface area contributed by atoms with E-state index in [9.17, 15) is 0 Å². The van der Waals surface area contributed by atoms with E-state index in [0.29, 0.717) is 6.61 Å². The van der Waals surface area contributed by atoms with Gasteiger partial charge >= 0.3 is 0 Å². The van der Waals surface area contributed by atoms with Crippen molar-refractivity contribution in [2.24, 2.45) is 0 Å². The lowest BCUT2D eigenvalue weighted by Crippen LogP contribution is -2.34. The molecule has 0 saturated carbocycles. The Morgan fingerprint density at radius 1 is 1.20 bits per heavy atom. The highest BCUT2D eigenvalue weighted by atomic mass is 32.1. The number of aryl methyl sites for hydroxylation is 1. The van der Waals surface area contributed by atoms with Gasteiger partial charge in [0.1, 0.15) is 17.4 Å². The van der Waals surface area contributed by atoms with Gasteiger partial charge in [0, 0.05) is 23.2 Å². The highest BCUT2D eigenvalue weighted by Crippen LogP contribution is 2.16. The van der Waals surface area contributed by atoms with E-state index in [-0.39, 0.29) is 5.54 Å². The number of hydrogen-bond donors (Lipinski definition) is 1. The van der Waals surface area contributed by atoms with Crippen molar-refractivity contribution in [3.63, 3.8) is 0 Å². The van der Waals surface area contributed by atoms with Crippen LogP contribution in [-0.2, 0) is 13.2 Å². The molecule has 108 valence electrons. The van der Waals surface area contributed by atoms with Crippen LogP contribution < -0.4 is 10.1 Å². The lowest BCUT2D eigenvalue weighted by molar-refractivity contribution is 0.305. The van der Waals surface area contributed by atoms with Gasteiger partial charge in [0.05, 0.1) is 0 Å². The molecule has 0 atom stereocenters. The summed E-state index contributed by atoms with van der Waals surface area (Å²) in [6, 6.07) is 8.22. The fourth-order valence-corrected chi connectivity index (χ4v) is 2.37. The molecule has 1 aromatic carbocycles. The lowest BCUT2D eigenvalue weighted by atomic mass is 10.1. The van der Waals surface area contributed by atoms with Gasteiger partial charge in [-0.05, 0) is 45.4 Å². The normalized spacial score (nSPS) is 11.6. The predicted molar refractivity (Wildman–Crippen MR) is 84.2 cm³/mol. The number of benzene rings is 1. The van der Waals surface area contributed by atoms with Gasteiger partial charge in [-0.25, -0.2) is 4.98 Å². The summed E-state index contributed by atoms with van der Waals surface area (Å²) in [5.41, 5.74) is 2.45. The zero-order chi connectivity index (χ0) is 14.6. The Kier molecular flexibility index (Phi) is 4.78. The molecule has 0 amide bonds. The molecule has 1 heterocycles. The van der Waals surface area contributed by atoms with Gasteiger partial charge in [0.2, 0.25) is 0 Å². The van der Waals surface area contributed by atoms with Crippen molar-refractivity contribution in [3.05, 3.63) is 45.9 Å². The van der Waals surface area contributed by atoms with E-state index in [4.69, 9.17) is 4.74 Å². The first-order valence-electron chi connectivity index (χ1n) is 6.80. The van der Waals surface area contributed by atoms with E-state index in [2.05, 4.69) is 43.2 Å². The fraction of sp³-hybridized carbons (Fsp3) is 0.438. The third kappa shape index (κ3) is 4.94. The van der Waals surface area contributed by atoms with Crippen LogP contribution in [0.4, 0.5) is 0 Å². The van der Waals surface area contributed by atoms with Crippen LogP contribution in [0, 0.1) is 6.92 Å². The standard InChI is InChI=1S/C16H22N2OS/c1-12-11-20-15(18-12)10-19-14-7-5-13(6-8-14)9-17-16(2,3)4/h5-8,11,17H,9-10H2,1-4H3. The number of hydrogen-bond acceptors (Lipinski definition) is 4. The molecule has 1 aromatic heterocycles. The van der Waals surface area contributed by atoms with Gasteiger partial charge in [-0.2, -0.15) is 0 Å². The fourth-order valence-electron chi connectivity index (χ4n) is 1.68. The summed E-state index contributed by atoms with van der Waals surface area (Å²) in [5, 5.41) is 6.53. The summed E-state index contributed by atoms with van der Waals surface area (Å²) in [5.74, 6) is 0.886. The third-order valence-corrected chi connectivity index (χ3v) is 3.72. The van der Waals surface area contributed by atoms with Crippen LogP contribution in [0.2, 0.25) is 0 Å². The molecule has 0 aliphatic carbocycles. The average molecular weight is 290 g/mol. The maximum absolute atomic E-state index is 5.73. The van der Waals surface area contributed by atoms with Crippen molar-refractivity contribution >= 4 is 11.3 Å². The first kappa shape index (κ1) is 15.0. The molecular formula is C16H22N2OS. The topological polar surface area (TPSA) is 34.1 Å². The van der Waals surface area contributed by atoms with E-state index in [1.807, 2.05) is 24.4 Å². The van der Waals surface area contributed by atoms with Crippen molar-refractivity contribution in [1.82, 2.24) is 10.3 Å². The Bertz CT molecular complexity index is 540. The first-order valence-corrected chi connectivity index (χ1v) is 7.68.